The van der Waals surface area contributed by atoms with Gasteiger partial charge in [0.25, 0.3) is 0 Å². The highest BCUT2D eigenvalue weighted by Gasteiger charge is 2.00. The van der Waals surface area contributed by atoms with Crippen LogP contribution in [0.15, 0.2) is 24.3 Å². The molecule has 1 rings (SSSR count). The van der Waals surface area contributed by atoms with Crippen molar-refractivity contribution in [3.63, 3.8) is 0 Å². The van der Waals surface area contributed by atoms with E-state index < -0.39 is 0 Å². The van der Waals surface area contributed by atoms with Crippen LogP contribution in [0.3, 0.4) is 0 Å². The van der Waals surface area contributed by atoms with E-state index in [0.29, 0.717) is 19.5 Å². The van der Waals surface area contributed by atoms with Gasteiger partial charge < -0.3 is 15.5 Å². The molecule has 106 valence electrons. The average molecular weight is 263 g/mol. The first-order chi connectivity index (χ1) is 9.08. The standard InChI is InChI=1S/C15H25N3O/c1-13-5-4-6-14(11-13)12-16-8-7-15(19)17-9-10-18(2)3/h4-6,11,16H,7-10,12H2,1-3H3,(H,17,19). The van der Waals surface area contributed by atoms with Crippen LogP contribution in [0.25, 0.3) is 0 Å². The minimum atomic E-state index is 0.110. The Morgan fingerprint density at radius 3 is 2.74 bits per heavy atom. The summed E-state index contributed by atoms with van der Waals surface area (Å²) in [5.41, 5.74) is 2.52. The second-order valence-electron chi connectivity index (χ2n) is 5.07. The summed E-state index contributed by atoms with van der Waals surface area (Å²) in [7, 11) is 3.99. The third kappa shape index (κ3) is 7.59. The van der Waals surface area contributed by atoms with Crippen molar-refractivity contribution >= 4 is 5.91 Å². The molecule has 2 N–H and O–H groups in total. The molecule has 0 saturated heterocycles. The number of carbonyl (C=O) groups is 1. The van der Waals surface area contributed by atoms with Gasteiger partial charge in [0.05, 0.1) is 0 Å². The molecule has 4 heteroatoms. The molecule has 0 saturated carbocycles. The Morgan fingerprint density at radius 2 is 2.05 bits per heavy atom. The van der Waals surface area contributed by atoms with E-state index in [9.17, 15) is 4.79 Å². The van der Waals surface area contributed by atoms with Crippen LogP contribution in [0.1, 0.15) is 17.5 Å². The molecule has 1 amide bonds. The SMILES string of the molecule is Cc1cccc(CNCCC(=O)NCCN(C)C)c1. The maximum absolute atomic E-state index is 11.5. The normalized spacial score (nSPS) is 10.7. The molecule has 0 aliphatic carbocycles. The van der Waals surface area contributed by atoms with E-state index in [0.717, 1.165) is 13.1 Å². The topological polar surface area (TPSA) is 44.4 Å². The van der Waals surface area contributed by atoms with Gasteiger partial charge in [-0.25, -0.2) is 0 Å². The summed E-state index contributed by atoms with van der Waals surface area (Å²) >= 11 is 0. The van der Waals surface area contributed by atoms with Crippen LogP contribution >= 0.6 is 0 Å². The fraction of sp³-hybridized carbons (Fsp3) is 0.533. The molecule has 0 unspecified atom stereocenters. The van der Waals surface area contributed by atoms with E-state index in [4.69, 9.17) is 0 Å². The van der Waals surface area contributed by atoms with Crippen molar-refractivity contribution in [2.45, 2.75) is 19.9 Å². The molecule has 0 bridgehead atoms. The number of likely N-dealkylation sites (N-methyl/N-ethyl adjacent to an activating group) is 1. The Kier molecular flexibility index (Phi) is 7.15. The van der Waals surface area contributed by atoms with E-state index in [1.165, 1.54) is 11.1 Å². The molecule has 0 aliphatic rings. The van der Waals surface area contributed by atoms with Crippen LogP contribution in [0.2, 0.25) is 0 Å². The molecular formula is C15H25N3O. The minimum Gasteiger partial charge on any atom is -0.355 e. The number of benzene rings is 1. The van der Waals surface area contributed by atoms with Gasteiger partial charge in [-0.3, -0.25) is 4.79 Å². The number of nitrogens with one attached hydrogen (secondary N) is 2. The van der Waals surface area contributed by atoms with E-state index >= 15 is 0 Å². The summed E-state index contributed by atoms with van der Waals surface area (Å²) in [5.74, 6) is 0.110. The van der Waals surface area contributed by atoms with Crippen LogP contribution < -0.4 is 10.6 Å². The van der Waals surface area contributed by atoms with Gasteiger partial charge in [-0.05, 0) is 26.6 Å². The molecule has 4 nitrogen and oxygen atoms in total. The fourth-order valence-electron chi connectivity index (χ4n) is 1.76. The number of rotatable bonds is 8. The summed E-state index contributed by atoms with van der Waals surface area (Å²) in [4.78, 5) is 13.6. The van der Waals surface area contributed by atoms with E-state index in [-0.39, 0.29) is 5.91 Å². The largest absolute Gasteiger partial charge is 0.355 e. The van der Waals surface area contributed by atoms with Crippen molar-refractivity contribution < 1.29 is 4.79 Å². The molecule has 0 spiro atoms. The first-order valence-corrected chi connectivity index (χ1v) is 6.75. The summed E-state index contributed by atoms with van der Waals surface area (Å²) in [6, 6.07) is 8.39. The molecule has 0 aliphatic heterocycles. The van der Waals surface area contributed by atoms with Crippen LogP contribution in [-0.4, -0.2) is 44.5 Å². The zero-order chi connectivity index (χ0) is 14.1. The van der Waals surface area contributed by atoms with E-state index in [1.54, 1.807) is 0 Å². The number of hydrogen-bond acceptors (Lipinski definition) is 3. The Bertz CT molecular complexity index is 391. The average Bonchev–Trinajstić information content (AvgIpc) is 2.34. The second-order valence-corrected chi connectivity index (χ2v) is 5.07. The maximum Gasteiger partial charge on any atom is 0.221 e. The van der Waals surface area contributed by atoms with Gasteiger partial charge in [0.15, 0.2) is 0 Å². The lowest BCUT2D eigenvalue weighted by Crippen LogP contribution is -2.33. The van der Waals surface area contributed by atoms with E-state index in [2.05, 4.69) is 46.7 Å². The predicted molar refractivity (Wildman–Crippen MR) is 79.1 cm³/mol. The van der Waals surface area contributed by atoms with Gasteiger partial charge in [0, 0.05) is 32.6 Å². The zero-order valence-corrected chi connectivity index (χ0v) is 12.2. The summed E-state index contributed by atoms with van der Waals surface area (Å²) in [6.07, 6.45) is 0.527. The first kappa shape index (κ1) is 15.7. The Labute approximate surface area is 116 Å². The first-order valence-electron chi connectivity index (χ1n) is 6.75. The van der Waals surface area contributed by atoms with Crippen LogP contribution in [0, 0.1) is 6.92 Å². The molecule has 0 radical (unpaired) electrons. The maximum atomic E-state index is 11.5. The monoisotopic (exact) mass is 263 g/mol. The number of nitrogens with zero attached hydrogens (tertiary/aromatic N) is 1. The van der Waals surface area contributed by atoms with Crippen LogP contribution in [-0.2, 0) is 11.3 Å². The van der Waals surface area contributed by atoms with Crippen molar-refractivity contribution in [1.82, 2.24) is 15.5 Å². The summed E-state index contributed by atoms with van der Waals surface area (Å²) in [5, 5.41) is 6.19. The minimum absolute atomic E-state index is 0.110. The molecule has 1 aromatic carbocycles. The Morgan fingerprint density at radius 1 is 1.26 bits per heavy atom. The number of hydrogen-bond donors (Lipinski definition) is 2. The van der Waals surface area contributed by atoms with Crippen molar-refractivity contribution in [1.29, 1.82) is 0 Å². The van der Waals surface area contributed by atoms with Gasteiger partial charge in [0.2, 0.25) is 5.91 Å². The molecule has 0 aromatic heterocycles. The summed E-state index contributed by atoms with van der Waals surface area (Å²) < 4.78 is 0. The van der Waals surface area contributed by atoms with Crippen LogP contribution in [0.4, 0.5) is 0 Å². The molecule has 19 heavy (non-hydrogen) atoms. The molecule has 0 atom stereocenters. The fourth-order valence-corrected chi connectivity index (χ4v) is 1.76. The number of aryl methyl sites for hydroxylation is 1. The van der Waals surface area contributed by atoms with Gasteiger partial charge in [-0.15, -0.1) is 0 Å². The second kappa shape index (κ2) is 8.67. The van der Waals surface area contributed by atoms with Gasteiger partial charge in [-0.2, -0.15) is 0 Å². The highest BCUT2D eigenvalue weighted by atomic mass is 16.1. The summed E-state index contributed by atoms with van der Waals surface area (Å²) in [6.45, 7) is 5.20. The quantitative estimate of drug-likeness (QED) is 0.692. The lowest BCUT2D eigenvalue weighted by atomic mass is 10.1. The highest BCUT2D eigenvalue weighted by Crippen LogP contribution is 2.02. The van der Waals surface area contributed by atoms with Gasteiger partial charge in [0.1, 0.15) is 0 Å². The lowest BCUT2D eigenvalue weighted by molar-refractivity contribution is -0.121. The molecule has 0 fully saturated rings. The lowest BCUT2D eigenvalue weighted by Gasteiger charge is -2.10. The van der Waals surface area contributed by atoms with Crippen LogP contribution in [0.5, 0.6) is 0 Å². The number of amides is 1. The third-order valence-electron chi connectivity index (χ3n) is 2.82. The predicted octanol–water partition coefficient (Wildman–Crippen LogP) is 1.15. The van der Waals surface area contributed by atoms with Crippen molar-refractivity contribution in [2.75, 3.05) is 33.7 Å². The number of carbonyl (C=O) groups excluding carboxylic acids is 1. The van der Waals surface area contributed by atoms with Crippen molar-refractivity contribution in [3.8, 4) is 0 Å². The molecular weight excluding hydrogens is 238 g/mol. The third-order valence-corrected chi connectivity index (χ3v) is 2.82. The molecule has 1 aromatic rings. The van der Waals surface area contributed by atoms with Crippen molar-refractivity contribution in [3.05, 3.63) is 35.4 Å². The highest BCUT2D eigenvalue weighted by molar-refractivity contribution is 5.76. The van der Waals surface area contributed by atoms with Gasteiger partial charge >= 0.3 is 0 Å². The molecule has 0 heterocycles. The van der Waals surface area contributed by atoms with E-state index in [1.807, 2.05) is 14.1 Å². The zero-order valence-electron chi connectivity index (χ0n) is 12.2. The Hall–Kier alpha value is -1.39. The smallest absolute Gasteiger partial charge is 0.221 e. The van der Waals surface area contributed by atoms with Gasteiger partial charge in [-0.1, -0.05) is 29.8 Å². The Balaban J connectivity index is 2.08. The van der Waals surface area contributed by atoms with Crippen molar-refractivity contribution in [2.24, 2.45) is 0 Å².